The number of rotatable bonds is 3. The highest BCUT2D eigenvalue weighted by molar-refractivity contribution is 5.96. The molecule has 1 atom stereocenters. The number of esters is 1. The van der Waals surface area contributed by atoms with Crippen LogP contribution in [0, 0.1) is 0 Å². The number of benzene rings is 2. The topological polar surface area (TPSA) is 97.4 Å². The third-order valence-corrected chi connectivity index (χ3v) is 4.10. The molecular formula is C24H26O8. The molecule has 8 nitrogen and oxygen atoms in total. The highest BCUT2D eigenvalue weighted by Gasteiger charge is 2.37. The van der Waals surface area contributed by atoms with Crippen molar-refractivity contribution in [1.82, 2.24) is 0 Å². The van der Waals surface area contributed by atoms with E-state index in [1.54, 1.807) is 65.8 Å². The summed E-state index contributed by atoms with van der Waals surface area (Å²) in [5, 5.41) is 0. The number of hydrogen-bond acceptors (Lipinski definition) is 8. The number of fused-ring (bicyclic) bond motifs is 1. The zero-order valence-electron chi connectivity index (χ0n) is 18.9. The molecule has 0 aliphatic carbocycles. The minimum atomic E-state index is -0.972. The van der Waals surface area contributed by atoms with Gasteiger partial charge in [-0.15, -0.1) is 0 Å². The second-order valence-electron chi connectivity index (χ2n) is 9.21. The molecule has 0 saturated heterocycles. The van der Waals surface area contributed by atoms with Crippen molar-refractivity contribution in [3.63, 3.8) is 0 Å². The van der Waals surface area contributed by atoms with Crippen molar-refractivity contribution < 1.29 is 38.1 Å². The van der Waals surface area contributed by atoms with Gasteiger partial charge in [-0.2, -0.15) is 0 Å². The Balaban J connectivity index is 2.02. The van der Waals surface area contributed by atoms with Crippen molar-refractivity contribution in [2.75, 3.05) is 0 Å². The van der Waals surface area contributed by atoms with E-state index in [4.69, 9.17) is 23.7 Å². The zero-order valence-corrected chi connectivity index (χ0v) is 18.9. The van der Waals surface area contributed by atoms with Crippen molar-refractivity contribution in [3.05, 3.63) is 59.2 Å². The van der Waals surface area contributed by atoms with E-state index in [0.717, 1.165) is 0 Å². The summed E-state index contributed by atoms with van der Waals surface area (Å²) in [6.45, 7) is 10.2. The Morgan fingerprint density at radius 3 is 1.97 bits per heavy atom. The molecule has 0 fully saturated rings. The van der Waals surface area contributed by atoms with Gasteiger partial charge in [0.2, 0.25) is 0 Å². The first-order chi connectivity index (χ1) is 14.8. The van der Waals surface area contributed by atoms with Gasteiger partial charge in [0.15, 0.2) is 6.10 Å². The van der Waals surface area contributed by atoms with Crippen LogP contribution in [0.2, 0.25) is 0 Å². The first kappa shape index (κ1) is 23.1. The molecule has 170 valence electrons. The lowest BCUT2D eigenvalue weighted by molar-refractivity contribution is 0.0201. The molecule has 0 N–H and O–H groups in total. The van der Waals surface area contributed by atoms with E-state index < -0.39 is 35.6 Å². The molecule has 1 aliphatic rings. The normalized spacial score (nSPS) is 15.4. The lowest BCUT2D eigenvalue weighted by Crippen LogP contribution is -2.27. The van der Waals surface area contributed by atoms with Crippen LogP contribution in [-0.4, -0.2) is 29.5 Å². The third-order valence-electron chi connectivity index (χ3n) is 4.10. The molecule has 0 amide bonds. The van der Waals surface area contributed by atoms with Gasteiger partial charge in [0.25, 0.3) is 0 Å². The number of hydrogen-bond donors (Lipinski definition) is 0. The minimum Gasteiger partial charge on any atom is -0.449 e. The Morgan fingerprint density at radius 1 is 0.844 bits per heavy atom. The molecule has 3 rings (SSSR count). The van der Waals surface area contributed by atoms with E-state index in [9.17, 15) is 14.4 Å². The molecule has 32 heavy (non-hydrogen) atoms. The summed E-state index contributed by atoms with van der Waals surface area (Å²) in [4.78, 5) is 37.1. The van der Waals surface area contributed by atoms with Gasteiger partial charge in [-0.05, 0) is 53.2 Å². The molecule has 0 spiro atoms. The Bertz CT molecular complexity index is 1030. The van der Waals surface area contributed by atoms with Gasteiger partial charge in [0.05, 0.1) is 11.1 Å². The van der Waals surface area contributed by atoms with E-state index >= 15 is 0 Å². The summed E-state index contributed by atoms with van der Waals surface area (Å²) in [6, 6.07) is 11.7. The van der Waals surface area contributed by atoms with Crippen LogP contribution in [0.3, 0.4) is 0 Å². The molecule has 0 aromatic heterocycles. The number of carbonyl (C=O) groups is 3. The number of cyclic esters (lactones) is 1. The summed E-state index contributed by atoms with van der Waals surface area (Å²) in [5.74, 6) is -0.699. The molecule has 1 heterocycles. The van der Waals surface area contributed by atoms with E-state index in [2.05, 4.69) is 0 Å². The second kappa shape index (κ2) is 8.53. The summed E-state index contributed by atoms with van der Waals surface area (Å²) < 4.78 is 26.6. The van der Waals surface area contributed by atoms with Crippen molar-refractivity contribution in [1.29, 1.82) is 0 Å². The van der Waals surface area contributed by atoms with Crippen molar-refractivity contribution >= 4 is 18.3 Å². The van der Waals surface area contributed by atoms with Gasteiger partial charge in [0.1, 0.15) is 22.7 Å². The van der Waals surface area contributed by atoms with E-state index in [0.29, 0.717) is 11.1 Å². The van der Waals surface area contributed by atoms with Crippen LogP contribution < -0.4 is 9.47 Å². The monoisotopic (exact) mass is 442 g/mol. The summed E-state index contributed by atoms with van der Waals surface area (Å²) >= 11 is 0. The first-order valence-corrected chi connectivity index (χ1v) is 10.1. The zero-order chi connectivity index (χ0) is 23.7. The van der Waals surface area contributed by atoms with Gasteiger partial charge in [-0.1, -0.05) is 30.3 Å². The quantitative estimate of drug-likeness (QED) is 0.345. The van der Waals surface area contributed by atoms with Crippen molar-refractivity contribution in [2.24, 2.45) is 0 Å². The molecule has 0 bridgehead atoms. The fourth-order valence-corrected chi connectivity index (χ4v) is 3.00. The van der Waals surface area contributed by atoms with Gasteiger partial charge in [-0.3, -0.25) is 0 Å². The molecule has 2 aromatic rings. The lowest BCUT2D eigenvalue weighted by atomic mass is 9.98. The van der Waals surface area contributed by atoms with Gasteiger partial charge in [-0.25, -0.2) is 14.4 Å². The molecule has 1 unspecified atom stereocenters. The van der Waals surface area contributed by atoms with E-state index in [-0.39, 0.29) is 17.1 Å². The maximum atomic E-state index is 12.6. The SMILES string of the molecule is CC(C)(C)OC(=O)Oc1cc(OC(=O)OC(C)(C)C)c2c(c1)C(=O)OC2c1ccccc1. The fourth-order valence-electron chi connectivity index (χ4n) is 3.00. The molecule has 0 radical (unpaired) electrons. The van der Waals surface area contributed by atoms with Gasteiger partial charge < -0.3 is 23.7 Å². The maximum absolute atomic E-state index is 12.6. The minimum absolute atomic E-state index is 0.0185. The van der Waals surface area contributed by atoms with Crippen molar-refractivity contribution in [2.45, 2.75) is 58.8 Å². The highest BCUT2D eigenvalue weighted by Crippen LogP contribution is 2.44. The van der Waals surface area contributed by atoms with Crippen LogP contribution in [0.25, 0.3) is 0 Å². The van der Waals surface area contributed by atoms with Gasteiger partial charge in [0, 0.05) is 6.07 Å². The fraction of sp³-hybridized carbons (Fsp3) is 0.375. The maximum Gasteiger partial charge on any atom is 0.514 e. The molecular weight excluding hydrogens is 416 g/mol. The third kappa shape index (κ3) is 5.78. The van der Waals surface area contributed by atoms with Crippen LogP contribution >= 0.6 is 0 Å². The molecule has 0 saturated carbocycles. The number of carbonyl (C=O) groups excluding carboxylic acids is 3. The van der Waals surface area contributed by atoms with Crippen LogP contribution in [0.5, 0.6) is 11.5 Å². The Labute approximate surface area is 186 Å². The summed E-state index contributed by atoms with van der Waals surface area (Å²) in [7, 11) is 0. The molecule has 2 aromatic carbocycles. The molecule has 1 aliphatic heterocycles. The summed E-state index contributed by atoms with van der Waals surface area (Å²) in [6.07, 6.45) is -2.74. The molecule has 8 heteroatoms. The Hall–Kier alpha value is -3.55. The van der Waals surface area contributed by atoms with Crippen LogP contribution in [0.4, 0.5) is 9.59 Å². The van der Waals surface area contributed by atoms with E-state index in [1.807, 2.05) is 6.07 Å². The van der Waals surface area contributed by atoms with E-state index in [1.165, 1.54) is 12.1 Å². The second-order valence-corrected chi connectivity index (χ2v) is 9.21. The smallest absolute Gasteiger partial charge is 0.449 e. The lowest BCUT2D eigenvalue weighted by Gasteiger charge is -2.21. The largest absolute Gasteiger partial charge is 0.514 e. The first-order valence-electron chi connectivity index (χ1n) is 10.1. The average Bonchev–Trinajstić information content (AvgIpc) is 2.96. The van der Waals surface area contributed by atoms with Crippen LogP contribution in [0.1, 0.15) is 69.1 Å². The van der Waals surface area contributed by atoms with Crippen LogP contribution in [0.15, 0.2) is 42.5 Å². The Kier molecular flexibility index (Phi) is 6.16. The Morgan fingerprint density at radius 2 is 1.41 bits per heavy atom. The van der Waals surface area contributed by atoms with Gasteiger partial charge >= 0.3 is 18.3 Å². The summed E-state index contributed by atoms with van der Waals surface area (Å²) in [5.41, 5.74) is -0.437. The standard InChI is InChI=1S/C24H26O8/c1-23(2,3)31-21(26)28-15-12-16-18(17(13-15)29-22(27)32-24(4,5)6)19(30-20(16)25)14-10-8-7-9-11-14/h7-13,19H,1-6H3. The average molecular weight is 442 g/mol. The highest BCUT2D eigenvalue weighted by atomic mass is 16.7. The number of ether oxygens (including phenoxy) is 5. The predicted octanol–water partition coefficient (Wildman–Crippen LogP) is 5.57. The van der Waals surface area contributed by atoms with Crippen LogP contribution in [-0.2, 0) is 14.2 Å². The predicted molar refractivity (Wildman–Crippen MR) is 114 cm³/mol. The van der Waals surface area contributed by atoms with Crippen molar-refractivity contribution in [3.8, 4) is 11.5 Å².